The molecule has 3 aromatic heterocycles. The zero-order valence-corrected chi connectivity index (χ0v) is 19.6. The number of aliphatic hydroxyl groups excluding tert-OH is 1. The van der Waals surface area contributed by atoms with Crippen molar-refractivity contribution in [1.82, 2.24) is 19.4 Å². The molecule has 0 saturated heterocycles. The molecule has 0 radical (unpaired) electrons. The number of rotatable bonds is 9. The summed E-state index contributed by atoms with van der Waals surface area (Å²) in [7, 11) is 0. The third kappa shape index (κ3) is 4.28. The highest BCUT2D eigenvalue weighted by Gasteiger charge is 2.28. The maximum absolute atomic E-state index is 9.83. The average molecular weight is 443 g/mol. The molecule has 4 aromatic rings. The smallest absolute Gasteiger partial charge is 0.0787 e. The normalized spacial score (nSPS) is 16.0. The van der Waals surface area contributed by atoms with E-state index in [1.807, 2.05) is 12.4 Å². The number of fused-ring (bicyclic) bond motifs is 4. The van der Waals surface area contributed by atoms with E-state index in [2.05, 4.69) is 58.9 Å². The summed E-state index contributed by atoms with van der Waals surface area (Å²) in [6.45, 7) is 4.79. The van der Waals surface area contributed by atoms with Gasteiger partial charge in [0.2, 0.25) is 0 Å². The van der Waals surface area contributed by atoms with Crippen molar-refractivity contribution in [2.24, 2.45) is 0 Å². The van der Waals surface area contributed by atoms with Crippen molar-refractivity contribution in [3.63, 3.8) is 0 Å². The van der Waals surface area contributed by atoms with Gasteiger partial charge in [0.05, 0.1) is 29.6 Å². The molecule has 1 aliphatic carbocycles. The number of aryl methyl sites for hydroxylation is 1. The predicted molar refractivity (Wildman–Crippen MR) is 134 cm³/mol. The number of benzene rings is 1. The molecule has 0 fully saturated rings. The Balaban J connectivity index is 1.58. The molecule has 0 amide bonds. The number of pyridine rings is 2. The van der Waals surface area contributed by atoms with Crippen LogP contribution in [-0.4, -0.2) is 37.7 Å². The van der Waals surface area contributed by atoms with Crippen LogP contribution in [0.2, 0.25) is 0 Å². The summed E-state index contributed by atoms with van der Waals surface area (Å²) in [6.07, 6.45) is 11.0. The summed E-state index contributed by atoms with van der Waals surface area (Å²) >= 11 is 0. The van der Waals surface area contributed by atoms with Crippen molar-refractivity contribution in [2.45, 2.75) is 64.6 Å². The van der Waals surface area contributed by atoms with Gasteiger partial charge in [-0.1, -0.05) is 44.0 Å². The molecule has 1 aromatic carbocycles. The van der Waals surface area contributed by atoms with E-state index in [1.54, 1.807) is 0 Å². The lowest BCUT2D eigenvalue weighted by Gasteiger charge is -2.35. The Bertz CT molecular complexity index is 1230. The summed E-state index contributed by atoms with van der Waals surface area (Å²) in [5, 5.41) is 12.3. The Morgan fingerprint density at radius 2 is 1.94 bits per heavy atom. The van der Waals surface area contributed by atoms with E-state index in [0.29, 0.717) is 12.6 Å². The van der Waals surface area contributed by atoms with Crippen LogP contribution in [0.1, 0.15) is 62.0 Å². The van der Waals surface area contributed by atoms with E-state index < -0.39 is 0 Å². The third-order valence-corrected chi connectivity index (χ3v) is 7.09. The molecule has 3 heterocycles. The molecule has 5 heteroatoms. The van der Waals surface area contributed by atoms with Crippen LogP contribution in [0.5, 0.6) is 0 Å². The quantitative estimate of drug-likeness (QED) is 0.341. The summed E-state index contributed by atoms with van der Waals surface area (Å²) in [6, 6.07) is 15.3. The highest BCUT2D eigenvalue weighted by Crippen LogP contribution is 2.36. The first kappa shape index (κ1) is 22.1. The van der Waals surface area contributed by atoms with E-state index in [1.165, 1.54) is 47.7 Å². The van der Waals surface area contributed by atoms with Crippen molar-refractivity contribution in [3.05, 3.63) is 71.8 Å². The van der Waals surface area contributed by atoms with E-state index in [-0.39, 0.29) is 6.61 Å². The molecule has 0 aliphatic heterocycles. The van der Waals surface area contributed by atoms with Gasteiger partial charge in [0.1, 0.15) is 0 Å². The van der Waals surface area contributed by atoms with Crippen LogP contribution in [0.25, 0.3) is 21.8 Å². The maximum Gasteiger partial charge on any atom is 0.0787 e. The monoisotopic (exact) mass is 442 g/mol. The fourth-order valence-electron chi connectivity index (χ4n) is 5.56. The highest BCUT2D eigenvalue weighted by atomic mass is 16.3. The fourth-order valence-corrected chi connectivity index (χ4v) is 5.56. The maximum atomic E-state index is 9.83. The van der Waals surface area contributed by atoms with Gasteiger partial charge in [-0.2, -0.15) is 0 Å². The molecule has 0 saturated carbocycles. The molecule has 172 valence electrons. The van der Waals surface area contributed by atoms with Crippen molar-refractivity contribution in [2.75, 3.05) is 13.2 Å². The Morgan fingerprint density at radius 1 is 1.03 bits per heavy atom. The molecule has 1 atom stereocenters. The van der Waals surface area contributed by atoms with Crippen LogP contribution in [0.15, 0.2) is 54.9 Å². The summed E-state index contributed by atoms with van der Waals surface area (Å²) < 4.78 is 2.25. The lowest BCUT2D eigenvalue weighted by Crippen LogP contribution is -2.33. The average Bonchev–Trinajstić information content (AvgIpc) is 3.18. The minimum absolute atomic E-state index is 0.113. The van der Waals surface area contributed by atoms with Crippen molar-refractivity contribution in [3.8, 4) is 0 Å². The fraction of sp³-hybridized carbons (Fsp3) is 0.429. The first-order valence-corrected chi connectivity index (χ1v) is 12.4. The lowest BCUT2D eigenvalue weighted by atomic mass is 9.90. The zero-order valence-electron chi connectivity index (χ0n) is 19.6. The van der Waals surface area contributed by atoms with E-state index in [0.717, 1.165) is 42.7 Å². The predicted octanol–water partition coefficient (Wildman–Crippen LogP) is 5.65. The van der Waals surface area contributed by atoms with Crippen LogP contribution >= 0.6 is 0 Å². The Labute approximate surface area is 196 Å². The van der Waals surface area contributed by atoms with Gasteiger partial charge in [0, 0.05) is 41.8 Å². The largest absolute Gasteiger partial charge is 0.395 e. The van der Waals surface area contributed by atoms with Gasteiger partial charge in [0.15, 0.2) is 0 Å². The number of hydrogen-bond donors (Lipinski definition) is 1. The Hall–Kier alpha value is -2.76. The first-order valence-electron chi connectivity index (χ1n) is 12.4. The molecule has 1 aliphatic rings. The number of para-hydroxylation sites is 1. The standard InChI is InChI=1S/C28H34N4O/c1-2-3-6-17-31(26-13-7-9-21-10-8-15-30-27(21)26)20-24-28-23(14-16-29-24)22-11-4-5-12-25(22)32(28)18-19-33/h4-5,8,10-12,14-16,26,33H,2-3,6-7,9,13,17-20H2,1H3. The van der Waals surface area contributed by atoms with Crippen LogP contribution < -0.4 is 0 Å². The minimum atomic E-state index is 0.113. The molecule has 5 nitrogen and oxygen atoms in total. The first-order chi connectivity index (χ1) is 16.3. The van der Waals surface area contributed by atoms with Crippen molar-refractivity contribution >= 4 is 21.8 Å². The second-order valence-corrected chi connectivity index (χ2v) is 9.18. The summed E-state index contributed by atoms with van der Waals surface area (Å²) in [5.41, 5.74) is 6.07. The molecule has 5 rings (SSSR count). The van der Waals surface area contributed by atoms with Crippen LogP contribution in [0.4, 0.5) is 0 Å². The Kier molecular flexibility index (Phi) is 6.70. The van der Waals surface area contributed by atoms with Crippen molar-refractivity contribution < 1.29 is 5.11 Å². The van der Waals surface area contributed by atoms with E-state index in [9.17, 15) is 5.11 Å². The van der Waals surface area contributed by atoms with Gasteiger partial charge in [-0.3, -0.25) is 14.9 Å². The van der Waals surface area contributed by atoms with Gasteiger partial charge in [0.25, 0.3) is 0 Å². The molecule has 0 bridgehead atoms. The number of nitrogens with zero attached hydrogens (tertiary/aromatic N) is 4. The van der Waals surface area contributed by atoms with Crippen molar-refractivity contribution in [1.29, 1.82) is 0 Å². The molecule has 33 heavy (non-hydrogen) atoms. The topological polar surface area (TPSA) is 54.2 Å². The minimum Gasteiger partial charge on any atom is -0.395 e. The summed E-state index contributed by atoms with van der Waals surface area (Å²) in [4.78, 5) is 12.3. The summed E-state index contributed by atoms with van der Waals surface area (Å²) in [5.74, 6) is 0. The highest BCUT2D eigenvalue weighted by molar-refractivity contribution is 6.08. The zero-order chi connectivity index (χ0) is 22.6. The van der Waals surface area contributed by atoms with Gasteiger partial charge < -0.3 is 9.67 Å². The van der Waals surface area contributed by atoms with Crippen LogP contribution in [0.3, 0.4) is 0 Å². The molecule has 1 N–H and O–H groups in total. The van der Waals surface area contributed by atoms with Gasteiger partial charge in [-0.25, -0.2) is 0 Å². The van der Waals surface area contributed by atoms with Gasteiger partial charge in [-0.05, 0) is 56.0 Å². The molecular weight excluding hydrogens is 408 g/mol. The Morgan fingerprint density at radius 3 is 2.82 bits per heavy atom. The molecular formula is C28H34N4O. The number of aliphatic hydroxyl groups is 1. The van der Waals surface area contributed by atoms with Gasteiger partial charge >= 0.3 is 0 Å². The van der Waals surface area contributed by atoms with E-state index in [4.69, 9.17) is 9.97 Å². The van der Waals surface area contributed by atoms with Crippen LogP contribution in [-0.2, 0) is 19.5 Å². The number of hydrogen-bond acceptors (Lipinski definition) is 4. The number of aromatic nitrogens is 3. The third-order valence-electron chi connectivity index (χ3n) is 7.09. The second kappa shape index (κ2) is 10.0. The van der Waals surface area contributed by atoms with Crippen LogP contribution in [0, 0.1) is 0 Å². The second-order valence-electron chi connectivity index (χ2n) is 9.18. The number of unbranched alkanes of at least 4 members (excludes halogenated alkanes) is 2. The molecule has 1 unspecified atom stereocenters. The molecule has 0 spiro atoms. The van der Waals surface area contributed by atoms with E-state index >= 15 is 0 Å². The SMILES string of the molecule is CCCCCN(Cc1nccc2c3ccccc3n(CCO)c12)C1CCCc2cccnc21. The van der Waals surface area contributed by atoms with Gasteiger partial charge in [-0.15, -0.1) is 0 Å². The lowest BCUT2D eigenvalue weighted by molar-refractivity contribution is 0.161.